The fourth-order valence-corrected chi connectivity index (χ4v) is 3.52. The Labute approximate surface area is 143 Å². The van der Waals surface area contributed by atoms with Crippen molar-refractivity contribution < 1.29 is 0 Å². The molecule has 0 aliphatic rings. The largest absolute Gasteiger partial charge is 0.316 e. The van der Waals surface area contributed by atoms with Gasteiger partial charge in [-0.25, -0.2) is 0 Å². The molecule has 0 heterocycles. The highest BCUT2D eigenvalue weighted by Crippen LogP contribution is 2.16. The molecule has 1 atom stereocenters. The van der Waals surface area contributed by atoms with Gasteiger partial charge in [0.1, 0.15) is 0 Å². The first kappa shape index (κ1) is 21.6. The van der Waals surface area contributed by atoms with E-state index in [1.165, 1.54) is 70.1 Å². The minimum atomic E-state index is 0.622. The van der Waals surface area contributed by atoms with Crippen LogP contribution in [-0.2, 0) is 0 Å². The molecule has 128 valence electrons. The van der Waals surface area contributed by atoms with E-state index in [1.54, 1.807) is 0 Å². The molecule has 0 aromatic rings. The number of hydrogen-bond donors (Lipinski definition) is 3. The lowest BCUT2D eigenvalue weighted by molar-refractivity contribution is 0.551. The van der Waals surface area contributed by atoms with E-state index in [4.69, 9.17) is 0 Å². The third-order valence-corrected chi connectivity index (χ3v) is 5.08. The van der Waals surface area contributed by atoms with Crippen LogP contribution in [0, 0.1) is 0 Å². The van der Waals surface area contributed by atoms with Crippen LogP contribution in [0.1, 0.15) is 71.6 Å². The number of nitrogens with one attached hydrogen (secondary N) is 2. The van der Waals surface area contributed by atoms with Gasteiger partial charge < -0.3 is 10.6 Å². The third kappa shape index (κ3) is 16.8. The maximum Gasteiger partial charge on any atom is 0.0532 e. The Morgan fingerprint density at radius 1 is 0.857 bits per heavy atom. The second-order valence-electron chi connectivity index (χ2n) is 5.70. The zero-order chi connectivity index (χ0) is 15.6. The zero-order valence-corrected chi connectivity index (χ0v) is 16.0. The van der Waals surface area contributed by atoms with Crippen molar-refractivity contribution in [2.75, 3.05) is 31.1 Å². The topological polar surface area (TPSA) is 24.1 Å². The lowest BCUT2D eigenvalue weighted by atomic mass is 10.1. The SMILES string of the molecule is CCCCCCCCC(NCCS)SCCNCCCC. The first-order valence-corrected chi connectivity index (χ1v) is 10.7. The van der Waals surface area contributed by atoms with Gasteiger partial charge in [0, 0.05) is 24.6 Å². The van der Waals surface area contributed by atoms with E-state index >= 15 is 0 Å². The highest BCUT2D eigenvalue weighted by Gasteiger charge is 2.07. The average Bonchev–Trinajstić information content (AvgIpc) is 2.50. The second kappa shape index (κ2) is 18.7. The monoisotopic (exact) mass is 334 g/mol. The van der Waals surface area contributed by atoms with Gasteiger partial charge in [-0.2, -0.15) is 12.6 Å². The molecule has 21 heavy (non-hydrogen) atoms. The lowest BCUT2D eigenvalue weighted by Crippen LogP contribution is -2.29. The standard InChI is InChI=1S/C17H38N2S2/c1-3-5-7-8-9-10-11-17(19-13-15-20)21-16-14-18-12-6-4-2/h17-20H,3-16H2,1-2H3. The summed E-state index contributed by atoms with van der Waals surface area (Å²) in [7, 11) is 0. The molecule has 1 unspecified atom stereocenters. The summed E-state index contributed by atoms with van der Waals surface area (Å²) in [6, 6.07) is 0. The molecular formula is C17H38N2S2. The summed E-state index contributed by atoms with van der Waals surface area (Å²) >= 11 is 6.39. The fraction of sp³-hybridized carbons (Fsp3) is 1.00. The quantitative estimate of drug-likeness (QED) is 0.204. The van der Waals surface area contributed by atoms with Crippen LogP contribution in [0.15, 0.2) is 0 Å². The zero-order valence-electron chi connectivity index (χ0n) is 14.3. The molecule has 0 aliphatic heterocycles. The minimum Gasteiger partial charge on any atom is -0.316 e. The van der Waals surface area contributed by atoms with Crippen LogP contribution in [-0.4, -0.2) is 36.5 Å². The normalized spacial score (nSPS) is 12.7. The average molecular weight is 335 g/mol. The molecule has 0 amide bonds. The number of thioether (sulfide) groups is 1. The maximum absolute atomic E-state index is 4.31. The highest BCUT2D eigenvalue weighted by molar-refractivity contribution is 7.99. The van der Waals surface area contributed by atoms with Crippen LogP contribution < -0.4 is 10.6 Å². The predicted octanol–water partition coefficient (Wildman–Crippen LogP) is 4.71. The molecule has 0 saturated carbocycles. The van der Waals surface area contributed by atoms with Crippen LogP contribution in [0.25, 0.3) is 0 Å². The van der Waals surface area contributed by atoms with Gasteiger partial charge in [0.15, 0.2) is 0 Å². The lowest BCUT2D eigenvalue weighted by Gasteiger charge is -2.18. The minimum absolute atomic E-state index is 0.622. The van der Waals surface area contributed by atoms with E-state index in [0.717, 1.165) is 18.8 Å². The van der Waals surface area contributed by atoms with Crippen LogP contribution >= 0.6 is 24.4 Å². The summed E-state index contributed by atoms with van der Waals surface area (Å²) in [5, 5.41) is 7.78. The summed E-state index contributed by atoms with van der Waals surface area (Å²) < 4.78 is 0. The van der Waals surface area contributed by atoms with Crippen molar-refractivity contribution in [2.24, 2.45) is 0 Å². The Morgan fingerprint density at radius 2 is 1.57 bits per heavy atom. The van der Waals surface area contributed by atoms with E-state index in [1.807, 2.05) is 0 Å². The Hall–Kier alpha value is 0.620. The second-order valence-corrected chi connectivity index (χ2v) is 7.45. The van der Waals surface area contributed by atoms with Gasteiger partial charge in [-0.05, 0) is 19.4 Å². The van der Waals surface area contributed by atoms with E-state index in [-0.39, 0.29) is 0 Å². The van der Waals surface area contributed by atoms with Crippen LogP contribution in [0.5, 0.6) is 0 Å². The summed E-state index contributed by atoms with van der Waals surface area (Å²) in [6.45, 7) is 7.86. The van der Waals surface area contributed by atoms with Crippen LogP contribution in [0.4, 0.5) is 0 Å². The summed E-state index contributed by atoms with van der Waals surface area (Å²) in [5.41, 5.74) is 0. The molecule has 0 aromatic heterocycles. The summed E-state index contributed by atoms with van der Waals surface area (Å²) in [5.74, 6) is 2.14. The van der Waals surface area contributed by atoms with E-state index in [9.17, 15) is 0 Å². The molecule has 0 rings (SSSR count). The third-order valence-electron chi connectivity index (χ3n) is 3.61. The Balaban J connectivity index is 3.56. The van der Waals surface area contributed by atoms with Crippen molar-refractivity contribution in [2.45, 2.75) is 77.0 Å². The Kier molecular flexibility index (Phi) is 19.2. The molecule has 0 fully saturated rings. The van der Waals surface area contributed by atoms with E-state index < -0.39 is 0 Å². The molecule has 4 heteroatoms. The van der Waals surface area contributed by atoms with E-state index in [2.05, 4.69) is 48.9 Å². The molecule has 2 N–H and O–H groups in total. The molecule has 0 aliphatic carbocycles. The molecule has 2 nitrogen and oxygen atoms in total. The number of rotatable bonds is 17. The van der Waals surface area contributed by atoms with Crippen molar-refractivity contribution in [1.29, 1.82) is 0 Å². The molecule has 0 saturated heterocycles. The smallest absolute Gasteiger partial charge is 0.0532 e. The van der Waals surface area contributed by atoms with Gasteiger partial charge in [0.2, 0.25) is 0 Å². The summed E-state index contributed by atoms with van der Waals surface area (Å²) in [6.07, 6.45) is 12.2. The van der Waals surface area contributed by atoms with Crippen molar-refractivity contribution in [1.82, 2.24) is 10.6 Å². The van der Waals surface area contributed by atoms with Gasteiger partial charge in [0.05, 0.1) is 5.37 Å². The van der Waals surface area contributed by atoms with Gasteiger partial charge >= 0.3 is 0 Å². The van der Waals surface area contributed by atoms with Crippen molar-refractivity contribution in [3.8, 4) is 0 Å². The summed E-state index contributed by atoms with van der Waals surface area (Å²) in [4.78, 5) is 0. The van der Waals surface area contributed by atoms with Crippen LogP contribution in [0.3, 0.4) is 0 Å². The molecule has 0 radical (unpaired) electrons. The van der Waals surface area contributed by atoms with Gasteiger partial charge in [-0.1, -0.05) is 58.8 Å². The first-order valence-electron chi connectivity index (χ1n) is 9.01. The molecular weight excluding hydrogens is 296 g/mol. The maximum atomic E-state index is 4.31. The highest BCUT2D eigenvalue weighted by atomic mass is 32.2. The number of thiol groups is 1. The van der Waals surface area contributed by atoms with Crippen molar-refractivity contribution >= 4 is 24.4 Å². The van der Waals surface area contributed by atoms with Crippen molar-refractivity contribution in [3.63, 3.8) is 0 Å². The molecule has 0 aromatic carbocycles. The fourth-order valence-electron chi connectivity index (χ4n) is 2.28. The van der Waals surface area contributed by atoms with Gasteiger partial charge in [0.25, 0.3) is 0 Å². The molecule has 0 bridgehead atoms. The number of hydrogen-bond acceptors (Lipinski definition) is 4. The van der Waals surface area contributed by atoms with E-state index in [0.29, 0.717) is 5.37 Å². The molecule has 0 spiro atoms. The van der Waals surface area contributed by atoms with Crippen LogP contribution in [0.2, 0.25) is 0 Å². The first-order chi connectivity index (χ1) is 10.3. The van der Waals surface area contributed by atoms with Gasteiger partial charge in [-0.3, -0.25) is 0 Å². The Morgan fingerprint density at radius 3 is 2.29 bits per heavy atom. The Bertz CT molecular complexity index is 176. The predicted molar refractivity (Wildman–Crippen MR) is 104 cm³/mol. The van der Waals surface area contributed by atoms with Gasteiger partial charge in [-0.15, -0.1) is 11.8 Å². The van der Waals surface area contributed by atoms with Crippen molar-refractivity contribution in [3.05, 3.63) is 0 Å². The number of unbranched alkanes of at least 4 members (excludes halogenated alkanes) is 6.